The number of unbranched alkanes of at least 4 members (excludes halogenated alkanes) is 2. The van der Waals surface area contributed by atoms with E-state index in [1.165, 1.54) is 4.90 Å². The monoisotopic (exact) mass is 595 g/mol. The minimum atomic E-state index is -0.651. The number of hydrogen-bond acceptors (Lipinski definition) is 8. The highest BCUT2D eigenvalue weighted by Crippen LogP contribution is 2.33. The van der Waals surface area contributed by atoms with Crippen molar-refractivity contribution in [3.63, 3.8) is 0 Å². The van der Waals surface area contributed by atoms with Gasteiger partial charge in [0.1, 0.15) is 24.1 Å². The van der Waals surface area contributed by atoms with Crippen molar-refractivity contribution >= 4 is 24.1 Å². The van der Waals surface area contributed by atoms with E-state index in [1.54, 1.807) is 12.1 Å². The Morgan fingerprint density at radius 2 is 1.70 bits per heavy atom. The standard InChI is InChI=1S/C32H41N3O8/c1-23(33-22-36)24-8-5-9-25(20-24)42-17-4-2-3-14-40-15-7-16-41-18-19-43-29-11-6-10-26-27(29)21-35(32(26)39)28-12-13-30(37)34-31(28)38/h5-6,8-11,20,22-23,28H,2-4,7,12-19,21H2,1H3,(H,33,36)(H,34,37,38)/t23-,28?/m1/s1. The van der Waals surface area contributed by atoms with Crippen LogP contribution in [0.1, 0.15) is 73.0 Å². The molecule has 4 rings (SSSR count). The SMILES string of the molecule is C[C@@H](NC=O)c1cccc(OCCCCCOCCCOCCOc2cccc3c2CN(C2CCC(=O)NC2=O)C3=O)c1. The van der Waals surface area contributed by atoms with Gasteiger partial charge in [-0.25, -0.2) is 0 Å². The number of carbonyl (C=O) groups is 4. The molecule has 11 heteroatoms. The van der Waals surface area contributed by atoms with Crippen molar-refractivity contribution in [2.75, 3.05) is 39.6 Å². The summed E-state index contributed by atoms with van der Waals surface area (Å²) < 4.78 is 23.1. The highest BCUT2D eigenvalue weighted by molar-refractivity contribution is 6.05. The Labute approximate surface area is 252 Å². The van der Waals surface area contributed by atoms with Crippen molar-refractivity contribution in [1.29, 1.82) is 0 Å². The van der Waals surface area contributed by atoms with Gasteiger partial charge in [-0.1, -0.05) is 18.2 Å². The molecule has 0 aromatic heterocycles. The second-order valence-corrected chi connectivity index (χ2v) is 10.6. The number of imide groups is 1. The Bertz CT molecular complexity index is 1250. The van der Waals surface area contributed by atoms with Gasteiger partial charge in [0.25, 0.3) is 5.91 Å². The van der Waals surface area contributed by atoms with Crippen molar-refractivity contribution in [2.24, 2.45) is 0 Å². The molecule has 1 saturated heterocycles. The van der Waals surface area contributed by atoms with E-state index in [2.05, 4.69) is 10.6 Å². The molecule has 2 aliphatic rings. The fraction of sp³-hybridized carbons (Fsp3) is 0.500. The van der Waals surface area contributed by atoms with Crippen molar-refractivity contribution in [1.82, 2.24) is 15.5 Å². The van der Waals surface area contributed by atoms with E-state index in [4.69, 9.17) is 18.9 Å². The molecule has 1 fully saturated rings. The number of benzene rings is 2. The molecule has 0 aliphatic carbocycles. The topological polar surface area (TPSA) is 132 Å². The lowest BCUT2D eigenvalue weighted by atomic mass is 10.0. The molecule has 4 amide bonds. The first-order chi connectivity index (χ1) is 21.0. The van der Waals surface area contributed by atoms with Crippen LogP contribution >= 0.6 is 0 Å². The van der Waals surface area contributed by atoms with Gasteiger partial charge >= 0.3 is 0 Å². The number of hydrogen-bond donors (Lipinski definition) is 2. The molecule has 2 N–H and O–H groups in total. The van der Waals surface area contributed by atoms with Crippen LogP contribution in [0.5, 0.6) is 11.5 Å². The number of ether oxygens (including phenoxy) is 4. The Morgan fingerprint density at radius 1 is 0.930 bits per heavy atom. The van der Waals surface area contributed by atoms with Gasteiger partial charge in [-0.3, -0.25) is 24.5 Å². The average molecular weight is 596 g/mol. The Hall–Kier alpha value is -3.96. The van der Waals surface area contributed by atoms with Gasteiger partial charge in [-0.05, 0) is 68.9 Å². The first-order valence-corrected chi connectivity index (χ1v) is 14.9. The number of nitrogens with one attached hydrogen (secondary N) is 2. The van der Waals surface area contributed by atoms with E-state index in [0.29, 0.717) is 63.8 Å². The largest absolute Gasteiger partial charge is 0.494 e. The number of piperidine rings is 1. The molecule has 11 nitrogen and oxygen atoms in total. The average Bonchev–Trinajstić information content (AvgIpc) is 3.34. The minimum Gasteiger partial charge on any atom is -0.494 e. The molecule has 2 atom stereocenters. The van der Waals surface area contributed by atoms with Gasteiger partial charge in [-0.15, -0.1) is 0 Å². The molecule has 2 heterocycles. The van der Waals surface area contributed by atoms with E-state index < -0.39 is 11.9 Å². The molecule has 0 radical (unpaired) electrons. The zero-order valence-corrected chi connectivity index (χ0v) is 24.7. The molecular formula is C32H41N3O8. The normalized spacial score (nSPS) is 16.9. The zero-order valence-electron chi connectivity index (χ0n) is 24.7. The van der Waals surface area contributed by atoms with E-state index in [-0.39, 0.29) is 30.8 Å². The van der Waals surface area contributed by atoms with Crippen LogP contribution in [0.2, 0.25) is 0 Å². The molecule has 0 bridgehead atoms. The maximum absolute atomic E-state index is 12.9. The van der Waals surface area contributed by atoms with Crippen molar-refractivity contribution in [3.8, 4) is 11.5 Å². The van der Waals surface area contributed by atoms with E-state index >= 15 is 0 Å². The third kappa shape index (κ3) is 9.26. The first kappa shape index (κ1) is 32.0. The molecule has 0 saturated carbocycles. The maximum Gasteiger partial charge on any atom is 0.255 e. The summed E-state index contributed by atoms with van der Waals surface area (Å²) in [5.41, 5.74) is 2.29. The molecule has 232 valence electrons. The highest BCUT2D eigenvalue weighted by atomic mass is 16.5. The van der Waals surface area contributed by atoms with Crippen LogP contribution in [0.25, 0.3) is 0 Å². The number of carbonyl (C=O) groups excluding carboxylic acids is 4. The summed E-state index contributed by atoms with van der Waals surface area (Å²) in [5.74, 6) is 0.451. The van der Waals surface area contributed by atoms with Gasteiger partial charge in [0.15, 0.2) is 0 Å². The van der Waals surface area contributed by atoms with Gasteiger partial charge in [0.05, 0.1) is 25.8 Å². The lowest BCUT2D eigenvalue weighted by Gasteiger charge is -2.29. The minimum absolute atomic E-state index is 0.0539. The molecule has 2 aliphatic heterocycles. The summed E-state index contributed by atoms with van der Waals surface area (Å²) in [6, 6.07) is 12.4. The quantitative estimate of drug-likeness (QED) is 0.144. The van der Waals surface area contributed by atoms with Crippen LogP contribution in [0.4, 0.5) is 0 Å². The first-order valence-electron chi connectivity index (χ1n) is 14.9. The summed E-state index contributed by atoms with van der Waals surface area (Å²) in [4.78, 5) is 48.8. The molecule has 1 unspecified atom stereocenters. The smallest absolute Gasteiger partial charge is 0.255 e. The zero-order chi connectivity index (χ0) is 30.4. The van der Waals surface area contributed by atoms with Gasteiger partial charge in [-0.2, -0.15) is 0 Å². The fourth-order valence-electron chi connectivity index (χ4n) is 5.12. The van der Waals surface area contributed by atoms with Crippen LogP contribution in [-0.2, 0) is 30.4 Å². The Kier molecular flexibility index (Phi) is 12.4. The summed E-state index contributed by atoms with van der Waals surface area (Å²) >= 11 is 0. The second kappa shape index (κ2) is 16.6. The summed E-state index contributed by atoms with van der Waals surface area (Å²) in [7, 11) is 0. The van der Waals surface area contributed by atoms with Crippen LogP contribution in [-0.4, -0.2) is 74.7 Å². The van der Waals surface area contributed by atoms with Crippen LogP contribution < -0.4 is 20.1 Å². The summed E-state index contributed by atoms with van der Waals surface area (Å²) in [6.45, 7) is 5.46. The van der Waals surface area contributed by atoms with Crippen molar-refractivity contribution in [3.05, 3.63) is 59.2 Å². The van der Waals surface area contributed by atoms with Crippen LogP contribution in [0.15, 0.2) is 42.5 Å². The number of nitrogens with zero attached hydrogens (tertiary/aromatic N) is 1. The number of amides is 4. The summed E-state index contributed by atoms with van der Waals surface area (Å²) in [6.07, 6.45) is 4.94. The predicted molar refractivity (Wildman–Crippen MR) is 158 cm³/mol. The third-order valence-electron chi connectivity index (χ3n) is 7.48. The Balaban J connectivity index is 1.01. The maximum atomic E-state index is 12.9. The summed E-state index contributed by atoms with van der Waals surface area (Å²) in [5, 5.41) is 5.06. The van der Waals surface area contributed by atoms with Gasteiger partial charge in [0, 0.05) is 37.4 Å². The third-order valence-corrected chi connectivity index (χ3v) is 7.48. The lowest BCUT2D eigenvalue weighted by molar-refractivity contribution is -0.137. The van der Waals surface area contributed by atoms with Crippen molar-refractivity contribution in [2.45, 2.75) is 64.1 Å². The molecule has 0 spiro atoms. The molecule has 43 heavy (non-hydrogen) atoms. The lowest BCUT2D eigenvalue weighted by Crippen LogP contribution is -2.52. The fourth-order valence-corrected chi connectivity index (χ4v) is 5.12. The second-order valence-electron chi connectivity index (χ2n) is 10.6. The van der Waals surface area contributed by atoms with Crippen LogP contribution in [0, 0.1) is 0 Å². The number of rotatable bonds is 19. The Morgan fingerprint density at radius 3 is 2.51 bits per heavy atom. The van der Waals surface area contributed by atoms with Gasteiger partial charge < -0.3 is 29.2 Å². The van der Waals surface area contributed by atoms with E-state index in [1.807, 2.05) is 37.3 Å². The van der Waals surface area contributed by atoms with Crippen LogP contribution in [0.3, 0.4) is 0 Å². The van der Waals surface area contributed by atoms with Gasteiger partial charge in [0.2, 0.25) is 18.2 Å². The molecule has 2 aromatic rings. The van der Waals surface area contributed by atoms with Crippen molar-refractivity contribution < 1.29 is 38.1 Å². The van der Waals surface area contributed by atoms with E-state index in [9.17, 15) is 19.2 Å². The van der Waals surface area contributed by atoms with E-state index in [0.717, 1.165) is 42.6 Å². The molecular weight excluding hydrogens is 554 g/mol. The highest BCUT2D eigenvalue weighted by Gasteiger charge is 2.40. The number of fused-ring (bicyclic) bond motifs is 1. The predicted octanol–water partition coefficient (Wildman–Crippen LogP) is 3.31. The molecule has 2 aromatic carbocycles.